The summed E-state index contributed by atoms with van der Waals surface area (Å²) in [5, 5.41) is 1.15. The van der Waals surface area contributed by atoms with E-state index in [0.717, 1.165) is 24.1 Å². The van der Waals surface area contributed by atoms with Gasteiger partial charge in [-0.05, 0) is 54.7 Å². The standard InChI is InChI=1S/C22H22ClFN2O3/c1-28-15-3-5-21-17(10-15)18(12-25-21)14-6-8-26(9-7-14)22(27)13-29-16-2-4-20(24)19(23)11-16/h2-5,10-12,14,25H,6-9,13H2,1H3. The van der Waals surface area contributed by atoms with Crippen molar-refractivity contribution in [1.82, 2.24) is 9.88 Å². The highest BCUT2D eigenvalue weighted by molar-refractivity contribution is 6.30. The quantitative estimate of drug-likeness (QED) is 0.652. The monoisotopic (exact) mass is 416 g/mol. The van der Waals surface area contributed by atoms with Crippen LogP contribution in [0.2, 0.25) is 5.02 Å². The summed E-state index contributed by atoms with van der Waals surface area (Å²) in [6.45, 7) is 1.26. The van der Waals surface area contributed by atoms with Crippen LogP contribution in [0.15, 0.2) is 42.6 Å². The number of hydrogen-bond donors (Lipinski definition) is 1. The number of nitrogens with one attached hydrogen (secondary N) is 1. The average molecular weight is 417 g/mol. The van der Waals surface area contributed by atoms with E-state index in [-0.39, 0.29) is 17.5 Å². The molecule has 1 saturated heterocycles. The Kier molecular flexibility index (Phi) is 5.62. The van der Waals surface area contributed by atoms with Gasteiger partial charge in [0.25, 0.3) is 5.91 Å². The predicted molar refractivity (Wildman–Crippen MR) is 110 cm³/mol. The molecule has 1 aliphatic heterocycles. The minimum Gasteiger partial charge on any atom is -0.497 e. The van der Waals surface area contributed by atoms with E-state index in [1.165, 1.54) is 29.1 Å². The first-order valence-electron chi connectivity index (χ1n) is 9.56. The van der Waals surface area contributed by atoms with Crippen LogP contribution in [-0.4, -0.2) is 42.6 Å². The largest absolute Gasteiger partial charge is 0.497 e. The van der Waals surface area contributed by atoms with Crippen molar-refractivity contribution in [3.05, 3.63) is 59.0 Å². The molecule has 5 nitrogen and oxygen atoms in total. The number of aromatic nitrogens is 1. The second kappa shape index (κ2) is 8.33. The number of nitrogens with zero attached hydrogens (tertiary/aromatic N) is 1. The number of fused-ring (bicyclic) bond motifs is 1. The van der Waals surface area contributed by atoms with Crippen LogP contribution in [0.25, 0.3) is 10.9 Å². The summed E-state index contributed by atoms with van der Waals surface area (Å²) >= 11 is 5.74. The highest BCUT2D eigenvalue weighted by atomic mass is 35.5. The molecule has 152 valence electrons. The zero-order valence-electron chi connectivity index (χ0n) is 16.1. The molecular weight excluding hydrogens is 395 g/mol. The number of likely N-dealkylation sites (tertiary alicyclic amines) is 1. The van der Waals surface area contributed by atoms with Crippen LogP contribution in [0.3, 0.4) is 0 Å². The Balaban J connectivity index is 1.35. The summed E-state index contributed by atoms with van der Waals surface area (Å²) in [6.07, 6.45) is 3.84. The number of hydrogen-bond acceptors (Lipinski definition) is 3. The van der Waals surface area contributed by atoms with Crippen LogP contribution in [0, 0.1) is 5.82 Å². The lowest BCUT2D eigenvalue weighted by Gasteiger charge is -2.32. The molecule has 0 atom stereocenters. The predicted octanol–water partition coefficient (Wildman–Crippen LogP) is 4.75. The highest BCUT2D eigenvalue weighted by Gasteiger charge is 2.25. The van der Waals surface area contributed by atoms with E-state index in [9.17, 15) is 9.18 Å². The fraction of sp³-hybridized carbons (Fsp3) is 0.318. The molecule has 0 spiro atoms. The lowest BCUT2D eigenvalue weighted by Crippen LogP contribution is -2.40. The topological polar surface area (TPSA) is 54.6 Å². The lowest BCUT2D eigenvalue weighted by atomic mass is 9.89. The van der Waals surface area contributed by atoms with Gasteiger partial charge in [0.1, 0.15) is 17.3 Å². The molecule has 1 aliphatic rings. The number of aromatic amines is 1. The van der Waals surface area contributed by atoms with Gasteiger partial charge < -0.3 is 19.4 Å². The summed E-state index contributed by atoms with van der Waals surface area (Å²) in [6, 6.07) is 10.1. The van der Waals surface area contributed by atoms with Crippen molar-refractivity contribution in [3.8, 4) is 11.5 Å². The summed E-state index contributed by atoms with van der Waals surface area (Å²) in [4.78, 5) is 17.6. The first-order chi connectivity index (χ1) is 14.0. The molecule has 0 saturated carbocycles. The molecular formula is C22H22ClFN2O3. The minimum absolute atomic E-state index is 0.0221. The Morgan fingerprint density at radius 2 is 1.97 bits per heavy atom. The fourth-order valence-electron chi connectivity index (χ4n) is 3.83. The van der Waals surface area contributed by atoms with Gasteiger partial charge in [-0.2, -0.15) is 0 Å². The van der Waals surface area contributed by atoms with Crippen molar-refractivity contribution < 1.29 is 18.7 Å². The van der Waals surface area contributed by atoms with Gasteiger partial charge in [0.15, 0.2) is 6.61 Å². The molecule has 0 unspecified atom stereocenters. The van der Waals surface area contributed by atoms with Crippen LogP contribution in [0.5, 0.6) is 11.5 Å². The molecule has 1 fully saturated rings. The first-order valence-corrected chi connectivity index (χ1v) is 9.93. The number of carbonyl (C=O) groups is 1. The Labute approximate surface area is 173 Å². The van der Waals surface area contributed by atoms with Gasteiger partial charge in [-0.3, -0.25) is 4.79 Å². The van der Waals surface area contributed by atoms with E-state index in [0.29, 0.717) is 24.8 Å². The molecule has 1 aromatic heterocycles. The zero-order chi connectivity index (χ0) is 20.4. The third-order valence-electron chi connectivity index (χ3n) is 5.46. The normalized spacial score (nSPS) is 14.9. The number of H-pyrrole nitrogens is 1. The summed E-state index contributed by atoms with van der Waals surface area (Å²) < 4.78 is 24.0. The van der Waals surface area contributed by atoms with Crippen molar-refractivity contribution in [2.24, 2.45) is 0 Å². The number of carbonyl (C=O) groups excluding carboxylic acids is 1. The van der Waals surface area contributed by atoms with Crippen LogP contribution in [0.1, 0.15) is 24.3 Å². The van der Waals surface area contributed by atoms with Crippen molar-refractivity contribution in [2.45, 2.75) is 18.8 Å². The van der Waals surface area contributed by atoms with Crippen LogP contribution in [0.4, 0.5) is 4.39 Å². The van der Waals surface area contributed by atoms with E-state index in [2.05, 4.69) is 17.2 Å². The molecule has 4 rings (SSSR count). The van der Waals surface area contributed by atoms with Crippen molar-refractivity contribution in [2.75, 3.05) is 26.8 Å². The number of methoxy groups -OCH3 is 1. The number of rotatable bonds is 5. The molecule has 3 aromatic rings. The smallest absolute Gasteiger partial charge is 0.260 e. The maximum Gasteiger partial charge on any atom is 0.260 e. The highest BCUT2D eigenvalue weighted by Crippen LogP contribution is 2.34. The van der Waals surface area contributed by atoms with Crippen molar-refractivity contribution >= 4 is 28.4 Å². The first kappa shape index (κ1) is 19.6. The number of ether oxygens (including phenoxy) is 2. The molecule has 7 heteroatoms. The third-order valence-corrected chi connectivity index (χ3v) is 5.75. The van der Waals surface area contributed by atoms with Gasteiger partial charge in [0, 0.05) is 36.3 Å². The SMILES string of the molecule is COc1ccc2[nH]cc(C3CCN(C(=O)COc4ccc(F)c(Cl)c4)CC3)c2c1. The fourth-order valence-corrected chi connectivity index (χ4v) is 4.00. The molecule has 29 heavy (non-hydrogen) atoms. The summed E-state index contributed by atoms with van der Waals surface area (Å²) in [7, 11) is 1.67. The van der Waals surface area contributed by atoms with E-state index < -0.39 is 5.82 Å². The van der Waals surface area contributed by atoms with Gasteiger partial charge >= 0.3 is 0 Å². The molecule has 1 N–H and O–H groups in total. The van der Waals surface area contributed by atoms with Gasteiger partial charge in [0.05, 0.1) is 12.1 Å². The van der Waals surface area contributed by atoms with Crippen LogP contribution >= 0.6 is 11.6 Å². The Hall–Kier alpha value is -2.73. The molecule has 2 heterocycles. The lowest BCUT2D eigenvalue weighted by molar-refractivity contribution is -0.134. The van der Waals surface area contributed by atoms with Gasteiger partial charge in [-0.1, -0.05) is 11.6 Å². The molecule has 0 bridgehead atoms. The van der Waals surface area contributed by atoms with Gasteiger partial charge in [-0.15, -0.1) is 0 Å². The number of benzene rings is 2. The Morgan fingerprint density at radius 3 is 2.69 bits per heavy atom. The van der Waals surface area contributed by atoms with Gasteiger partial charge in [-0.25, -0.2) is 4.39 Å². The van der Waals surface area contributed by atoms with Crippen molar-refractivity contribution in [1.29, 1.82) is 0 Å². The number of amides is 1. The molecule has 0 radical (unpaired) electrons. The Morgan fingerprint density at radius 1 is 1.21 bits per heavy atom. The Bertz CT molecular complexity index is 1030. The molecule has 2 aromatic carbocycles. The maximum atomic E-state index is 13.2. The number of piperidine rings is 1. The van der Waals surface area contributed by atoms with E-state index >= 15 is 0 Å². The minimum atomic E-state index is -0.512. The molecule has 1 amide bonds. The summed E-state index contributed by atoms with van der Waals surface area (Å²) in [5.41, 5.74) is 2.36. The molecule has 0 aliphatic carbocycles. The zero-order valence-corrected chi connectivity index (χ0v) is 16.8. The van der Waals surface area contributed by atoms with E-state index in [1.807, 2.05) is 17.0 Å². The van der Waals surface area contributed by atoms with Crippen LogP contribution in [-0.2, 0) is 4.79 Å². The second-order valence-electron chi connectivity index (χ2n) is 7.18. The second-order valence-corrected chi connectivity index (χ2v) is 7.58. The third kappa shape index (κ3) is 4.17. The maximum absolute atomic E-state index is 13.2. The van der Waals surface area contributed by atoms with Crippen LogP contribution < -0.4 is 9.47 Å². The van der Waals surface area contributed by atoms with Gasteiger partial charge in [0.2, 0.25) is 0 Å². The average Bonchev–Trinajstić information content (AvgIpc) is 3.17. The summed E-state index contributed by atoms with van der Waals surface area (Å²) in [5.74, 6) is 1.01. The number of halogens is 2. The van der Waals surface area contributed by atoms with E-state index in [1.54, 1.807) is 7.11 Å². The van der Waals surface area contributed by atoms with Crippen molar-refractivity contribution in [3.63, 3.8) is 0 Å². The van der Waals surface area contributed by atoms with E-state index in [4.69, 9.17) is 21.1 Å².